The molecule has 0 aliphatic heterocycles. The minimum absolute atomic E-state index is 0.00487. The Morgan fingerprint density at radius 3 is 2.78 bits per heavy atom. The fourth-order valence-electron chi connectivity index (χ4n) is 2.99. The summed E-state index contributed by atoms with van der Waals surface area (Å²) in [5, 5.41) is 8.43. The van der Waals surface area contributed by atoms with E-state index in [4.69, 9.17) is 27.9 Å². The Hall–Kier alpha value is -2.50. The summed E-state index contributed by atoms with van der Waals surface area (Å²) >= 11 is 11.8. The Kier molecular flexibility index (Phi) is 5.05. The molecule has 1 saturated carbocycles. The third kappa shape index (κ3) is 4.43. The zero-order valence-electron chi connectivity index (χ0n) is 14.3. The minimum atomic E-state index is -0.0164. The lowest BCUT2D eigenvalue weighted by molar-refractivity contribution is -0.117. The number of carbonyl (C=O) groups is 1. The maximum atomic E-state index is 12.4. The summed E-state index contributed by atoms with van der Waals surface area (Å²) in [4.78, 5) is 12.4. The maximum Gasteiger partial charge on any atom is 0.228 e. The first kappa shape index (κ1) is 17.9. The van der Waals surface area contributed by atoms with Gasteiger partial charge >= 0.3 is 0 Å². The number of ether oxygens (including phenoxy) is 1. The lowest BCUT2D eigenvalue weighted by Crippen LogP contribution is -2.14. The van der Waals surface area contributed by atoms with Crippen LogP contribution >= 0.6 is 23.2 Å². The number of anilines is 1. The first-order chi connectivity index (χ1) is 13.1. The Balaban J connectivity index is 1.30. The molecule has 27 heavy (non-hydrogen) atoms. The zero-order valence-corrected chi connectivity index (χ0v) is 15.8. The Bertz CT molecular complexity index is 956. The van der Waals surface area contributed by atoms with Crippen LogP contribution in [0.3, 0.4) is 0 Å². The van der Waals surface area contributed by atoms with Gasteiger partial charge < -0.3 is 10.1 Å². The number of nitrogens with zero attached hydrogens (tertiary/aromatic N) is 2. The smallest absolute Gasteiger partial charge is 0.228 e. The molecule has 4 rings (SSSR count). The average molecular weight is 402 g/mol. The SMILES string of the molecule is O=C(Nc1cnn(COc2cccc(Cl)c2)c1)C1CC1c1ccc(Cl)cc1. The van der Waals surface area contributed by atoms with Crippen LogP contribution in [-0.4, -0.2) is 15.7 Å². The van der Waals surface area contributed by atoms with Crippen LogP contribution in [0.4, 0.5) is 5.69 Å². The molecular weight excluding hydrogens is 385 g/mol. The molecule has 1 amide bonds. The first-order valence-electron chi connectivity index (χ1n) is 8.55. The summed E-state index contributed by atoms with van der Waals surface area (Å²) in [6.45, 7) is 0.229. The summed E-state index contributed by atoms with van der Waals surface area (Å²) in [5.41, 5.74) is 1.79. The predicted octanol–water partition coefficient (Wildman–Crippen LogP) is 4.97. The zero-order chi connectivity index (χ0) is 18.8. The van der Waals surface area contributed by atoms with E-state index in [1.807, 2.05) is 36.4 Å². The van der Waals surface area contributed by atoms with Gasteiger partial charge in [-0.25, -0.2) is 4.68 Å². The van der Waals surface area contributed by atoms with Gasteiger partial charge in [-0.3, -0.25) is 4.79 Å². The van der Waals surface area contributed by atoms with Crippen LogP contribution in [-0.2, 0) is 11.5 Å². The van der Waals surface area contributed by atoms with Gasteiger partial charge in [0.15, 0.2) is 6.73 Å². The summed E-state index contributed by atoms with van der Waals surface area (Å²) in [5.74, 6) is 0.901. The van der Waals surface area contributed by atoms with Crippen molar-refractivity contribution < 1.29 is 9.53 Å². The van der Waals surface area contributed by atoms with E-state index >= 15 is 0 Å². The van der Waals surface area contributed by atoms with Crippen LogP contribution in [0.1, 0.15) is 17.9 Å². The minimum Gasteiger partial charge on any atom is -0.471 e. The first-order valence-corrected chi connectivity index (χ1v) is 9.31. The fraction of sp³-hybridized carbons (Fsp3) is 0.200. The molecule has 0 bridgehead atoms. The van der Waals surface area contributed by atoms with E-state index in [2.05, 4.69) is 10.4 Å². The number of hydrogen-bond acceptors (Lipinski definition) is 3. The van der Waals surface area contributed by atoms with Crippen LogP contribution in [0.5, 0.6) is 5.75 Å². The van der Waals surface area contributed by atoms with E-state index in [0.717, 1.165) is 12.0 Å². The van der Waals surface area contributed by atoms with Crippen LogP contribution in [0.15, 0.2) is 60.9 Å². The van der Waals surface area contributed by atoms with Crippen LogP contribution < -0.4 is 10.1 Å². The average Bonchev–Trinajstić information content (AvgIpc) is 3.34. The lowest BCUT2D eigenvalue weighted by atomic mass is 10.1. The Morgan fingerprint density at radius 1 is 1.19 bits per heavy atom. The molecule has 2 unspecified atom stereocenters. The van der Waals surface area contributed by atoms with Gasteiger partial charge in [0.2, 0.25) is 5.91 Å². The van der Waals surface area contributed by atoms with E-state index in [-0.39, 0.29) is 24.5 Å². The molecule has 2 atom stereocenters. The number of aromatic nitrogens is 2. The number of halogens is 2. The summed E-state index contributed by atoms with van der Waals surface area (Å²) < 4.78 is 7.24. The van der Waals surface area contributed by atoms with Gasteiger partial charge in [-0.15, -0.1) is 0 Å². The third-order valence-corrected chi connectivity index (χ3v) is 4.97. The standard InChI is InChI=1S/C20H17Cl2N3O2/c21-14-6-4-13(5-7-14)18-9-19(18)20(26)24-16-10-23-25(11-16)12-27-17-3-1-2-15(22)8-17/h1-8,10-11,18-19H,9,12H2,(H,24,26). The summed E-state index contributed by atoms with van der Waals surface area (Å²) in [6, 6.07) is 14.8. The maximum absolute atomic E-state index is 12.4. The second-order valence-electron chi connectivity index (χ2n) is 6.49. The molecule has 7 heteroatoms. The molecule has 1 N–H and O–H groups in total. The molecule has 3 aromatic rings. The van der Waals surface area contributed by atoms with Gasteiger partial charge in [0, 0.05) is 16.0 Å². The molecule has 5 nitrogen and oxygen atoms in total. The highest BCUT2D eigenvalue weighted by molar-refractivity contribution is 6.30. The molecule has 0 saturated heterocycles. The van der Waals surface area contributed by atoms with Crippen molar-refractivity contribution in [2.75, 3.05) is 5.32 Å². The number of hydrogen-bond donors (Lipinski definition) is 1. The molecule has 0 spiro atoms. The van der Waals surface area contributed by atoms with E-state index < -0.39 is 0 Å². The predicted molar refractivity (Wildman–Crippen MR) is 105 cm³/mol. The summed E-state index contributed by atoms with van der Waals surface area (Å²) in [7, 11) is 0. The number of amides is 1. The topological polar surface area (TPSA) is 56.2 Å². The van der Waals surface area contributed by atoms with E-state index in [9.17, 15) is 4.79 Å². The van der Waals surface area contributed by atoms with Gasteiger partial charge in [-0.1, -0.05) is 41.4 Å². The molecule has 0 radical (unpaired) electrons. The molecule has 1 heterocycles. The van der Waals surface area contributed by atoms with Crippen molar-refractivity contribution in [3.63, 3.8) is 0 Å². The fourth-order valence-corrected chi connectivity index (χ4v) is 3.30. The molecular formula is C20H17Cl2N3O2. The van der Waals surface area contributed by atoms with E-state index in [0.29, 0.717) is 21.5 Å². The van der Waals surface area contributed by atoms with E-state index in [1.165, 1.54) is 0 Å². The molecule has 1 fully saturated rings. The normalized spacial score (nSPS) is 18.1. The second-order valence-corrected chi connectivity index (χ2v) is 7.36. The number of carbonyl (C=O) groups excluding carboxylic acids is 1. The van der Waals surface area contributed by atoms with Gasteiger partial charge in [-0.2, -0.15) is 5.10 Å². The van der Waals surface area contributed by atoms with Crippen molar-refractivity contribution in [2.45, 2.75) is 19.1 Å². The van der Waals surface area contributed by atoms with Crippen molar-refractivity contribution in [1.82, 2.24) is 9.78 Å². The van der Waals surface area contributed by atoms with Crippen molar-refractivity contribution >= 4 is 34.8 Å². The van der Waals surface area contributed by atoms with Crippen molar-refractivity contribution in [1.29, 1.82) is 0 Å². The van der Waals surface area contributed by atoms with Gasteiger partial charge in [0.25, 0.3) is 0 Å². The number of rotatable bonds is 6. The molecule has 2 aromatic carbocycles. The third-order valence-electron chi connectivity index (χ3n) is 4.49. The van der Waals surface area contributed by atoms with Crippen LogP contribution in [0.25, 0.3) is 0 Å². The Labute approximate surface area is 166 Å². The largest absolute Gasteiger partial charge is 0.471 e. The van der Waals surface area contributed by atoms with Crippen LogP contribution in [0, 0.1) is 5.92 Å². The Morgan fingerprint density at radius 2 is 2.00 bits per heavy atom. The molecule has 138 valence electrons. The van der Waals surface area contributed by atoms with Crippen molar-refractivity contribution in [3.8, 4) is 5.75 Å². The second kappa shape index (κ2) is 7.62. The van der Waals surface area contributed by atoms with Gasteiger partial charge in [-0.05, 0) is 48.2 Å². The van der Waals surface area contributed by atoms with Gasteiger partial charge in [0.1, 0.15) is 5.75 Å². The van der Waals surface area contributed by atoms with Gasteiger partial charge in [0.05, 0.1) is 18.1 Å². The highest BCUT2D eigenvalue weighted by atomic mass is 35.5. The highest BCUT2D eigenvalue weighted by Crippen LogP contribution is 2.48. The molecule has 1 aromatic heterocycles. The van der Waals surface area contributed by atoms with Crippen molar-refractivity contribution in [3.05, 3.63) is 76.5 Å². The monoisotopic (exact) mass is 401 g/mol. The van der Waals surface area contributed by atoms with Crippen LogP contribution in [0.2, 0.25) is 10.0 Å². The van der Waals surface area contributed by atoms with Crippen molar-refractivity contribution in [2.24, 2.45) is 5.92 Å². The molecule has 1 aliphatic rings. The number of nitrogens with one attached hydrogen (secondary N) is 1. The summed E-state index contributed by atoms with van der Waals surface area (Å²) in [6.07, 6.45) is 4.19. The quantitative estimate of drug-likeness (QED) is 0.634. The lowest BCUT2D eigenvalue weighted by Gasteiger charge is -2.06. The molecule has 1 aliphatic carbocycles. The number of benzene rings is 2. The van der Waals surface area contributed by atoms with E-state index in [1.54, 1.807) is 29.2 Å². The highest BCUT2D eigenvalue weighted by Gasteiger charge is 2.43.